The van der Waals surface area contributed by atoms with E-state index in [9.17, 15) is 4.79 Å². The van der Waals surface area contributed by atoms with Gasteiger partial charge in [-0.3, -0.25) is 0 Å². The molecule has 1 aliphatic carbocycles. The lowest BCUT2D eigenvalue weighted by Crippen LogP contribution is -2.21. The maximum Gasteiger partial charge on any atom is 0.333 e. The van der Waals surface area contributed by atoms with Crippen molar-refractivity contribution in [1.29, 1.82) is 0 Å². The summed E-state index contributed by atoms with van der Waals surface area (Å²) in [6.07, 6.45) is 4.19. The third-order valence-electron chi connectivity index (χ3n) is 2.76. The Hall–Kier alpha value is -0.790. The third kappa shape index (κ3) is 2.58. The normalized spacial score (nSPS) is 27.2. The van der Waals surface area contributed by atoms with Crippen LogP contribution in [0.4, 0.5) is 0 Å². The number of esters is 1. The number of carbonyl (C=O) groups is 1. The Morgan fingerprint density at radius 1 is 1.54 bits per heavy atom. The van der Waals surface area contributed by atoms with E-state index in [-0.39, 0.29) is 12.1 Å². The molecule has 13 heavy (non-hydrogen) atoms. The molecule has 1 saturated carbocycles. The Bertz CT molecular complexity index is 208. The van der Waals surface area contributed by atoms with Gasteiger partial charge in [0.25, 0.3) is 0 Å². The van der Waals surface area contributed by atoms with Gasteiger partial charge in [0, 0.05) is 5.57 Å². The van der Waals surface area contributed by atoms with Gasteiger partial charge in [-0.1, -0.05) is 20.4 Å². The highest BCUT2D eigenvalue weighted by Gasteiger charge is 2.26. The second-order valence-corrected chi connectivity index (χ2v) is 3.81. The van der Waals surface area contributed by atoms with Crippen LogP contribution in [-0.4, -0.2) is 12.1 Å². The van der Waals surface area contributed by atoms with E-state index in [1.165, 1.54) is 12.8 Å². The van der Waals surface area contributed by atoms with Crippen LogP contribution in [-0.2, 0) is 9.53 Å². The van der Waals surface area contributed by atoms with Gasteiger partial charge < -0.3 is 4.74 Å². The predicted octanol–water partition coefficient (Wildman–Crippen LogP) is 2.68. The maximum atomic E-state index is 11.4. The monoisotopic (exact) mass is 182 g/mol. The first-order valence-corrected chi connectivity index (χ1v) is 5.04. The Morgan fingerprint density at radius 2 is 2.23 bits per heavy atom. The fraction of sp³-hybridized carbons (Fsp3) is 0.727. The molecule has 0 amide bonds. The molecule has 0 saturated heterocycles. The molecule has 0 aromatic rings. The average Bonchev–Trinajstić information content (AvgIpc) is 2.50. The molecule has 0 spiro atoms. The van der Waals surface area contributed by atoms with Crippen molar-refractivity contribution in [3.8, 4) is 0 Å². The van der Waals surface area contributed by atoms with Crippen LogP contribution in [0.1, 0.15) is 39.5 Å². The second kappa shape index (κ2) is 4.45. The second-order valence-electron chi connectivity index (χ2n) is 3.81. The van der Waals surface area contributed by atoms with Gasteiger partial charge in [-0.2, -0.15) is 0 Å². The van der Waals surface area contributed by atoms with Crippen LogP contribution in [0.5, 0.6) is 0 Å². The molecule has 0 aromatic heterocycles. The Kier molecular flexibility index (Phi) is 3.52. The molecule has 1 aliphatic rings. The zero-order chi connectivity index (χ0) is 9.84. The van der Waals surface area contributed by atoms with Crippen LogP contribution in [0.3, 0.4) is 0 Å². The summed E-state index contributed by atoms with van der Waals surface area (Å²) in [5.41, 5.74) is 0.582. The van der Waals surface area contributed by atoms with Crippen LogP contribution >= 0.6 is 0 Å². The highest BCUT2D eigenvalue weighted by molar-refractivity contribution is 5.87. The van der Waals surface area contributed by atoms with Gasteiger partial charge >= 0.3 is 5.97 Å². The van der Waals surface area contributed by atoms with Crippen LogP contribution in [0, 0.1) is 5.92 Å². The van der Waals surface area contributed by atoms with E-state index in [1.54, 1.807) is 0 Å². The van der Waals surface area contributed by atoms with E-state index in [0.717, 1.165) is 6.42 Å². The summed E-state index contributed by atoms with van der Waals surface area (Å²) < 4.78 is 5.34. The first-order chi connectivity index (χ1) is 6.15. The maximum absolute atomic E-state index is 11.4. The first kappa shape index (κ1) is 10.3. The predicted molar refractivity (Wildman–Crippen MR) is 52.3 cm³/mol. The van der Waals surface area contributed by atoms with Gasteiger partial charge in [-0.05, 0) is 31.6 Å². The zero-order valence-electron chi connectivity index (χ0n) is 8.51. The van der Waals surface area contributed by atoms with Gasteiger partial charge in [-0.15, -0.1) is 0 Å². The van der Waals surface area contributed by atoms with E-state index in [1.807, 2.05) is 6.92 Å². The molecule has 0 radical (unpaired) electrons. The number of ether oxygens (including phenoxy) is 1. The molecular formula is C11H18O2. The molecule has 0 aromatic carbocycles. The van der Waals surface area contributed by atoms with Gasteiger partial charge in [0.15, 0.2) is 0 Å². The minimum absolute atomic E-state index is 0.135. The van der Waals surface area contributed by atoms with Crippen LogP contribution in [0.25, 0.3) is 0 Å². The number of rotatable bonds is 3. The van der Waals surface area contributed by atoms with Crippen molar-refractivity contribution in [3.05, 3.63) is 12.2 Å². The summed E-state index contributed by atoms with van der Waals surface area (Å²) in [5, 5.41) is 0. The summed E-state index contributed by atoms with van der Waals surface area (Å²) in [6, 6.07) is 0. The molecule has 0 bridgehead atoms. The summed E-state index contributed by atoms with van der Waals surface area (Å²) in [5.74, 6) is 0.315. The quantitative estimate of drug-likeness (QED) is 0.495. The van der Waals surface area contributed by atoms with E-state index in [0.29, 0.717) is 17.9 Å². The van der Waals surface area contributed by atoms with E-state index < -0.39 is 0 Å². The molecule has 1 rings (SSSR count). The molecule has 0 N–H and O–H groups in total. The Labute approximate surface area is 80.0 Å². The zero-order valence-corrected chi connectivity index (χ0v) is 8.51. The van der Waals surface area contributed by atoms with Crippen LogP contribution in [0.15, 0.2) is 12.2 Å². The minimum atomic E-state index is -0.207. The fourth-order valence-corrected chi connectivity index (χ4v) is 1.65. The van der Waals surface area contributed by atoms with Crippen molar-refractivity contribution in [2.45, 2.75) is 45.6 Å². The van der Waals surface area contributed by atoms with Crippen LogP contribution < -0.4 is 0 Å². The molecule has 1 fully saturated rings. The molecule has 74 valence electrons. The van der Waals surface area contributed by atoms with Gasteiger partial charge in [0.1, 0.15) is 6.10 Å². The number of carbonyl (C=O) groups excluding carboxylic acids is 1. The Morgan fingerprint density at radius 3 is 2.69 bits per heavy atom. The smallest absolute Gasteiger partial charge is 0.333 e. The van der Waals surface area contributed by atoms with E-state index in [2.05, 4.69) is 13.5 Å². The standard InChI is InChI=1S/C11H18O2/c1-4-8(2)11(12)13-10-7-5-6-9(10)3/h9-10H,2,4-7H2,1,3H3. The Balaban J connectivity index is 2.39. The molecule has 2 unspecified atom stereocenters. The van der Waals surface area contributed by atoms with Gasteiger partial charge in [-0.25, -0.2) is 4.79 Å². The van der Waals surface area contributed by atoms with Crippen molar-refractivity contribution >= 4 is 5.97 Å². The van der Waals surface area contributed by atoms with E-state index in [4.69, 9.17) is 4.74 Å². The summed E-state index contributed by atoms with van der Waals surface area (Å²) >= 11 is 0. The summed E-state index contributed by atoms with van der Waals surface area (Å²) in [4.78, 5) is 11.4. The highest BCUT2D eigenvalue weighted by atomic mass is 16.5. The summed E-state index contributed by atoms with van der Waals surface area (Å²) in [7, 11) is 0. The molecule has 2 nitrogen and oxygen atoms in total. The van der Waals surface area contributed by atoms with Crippen molar-refractivity contribution in [1.82, 2.24) is 0 Å². The van der Waals surface area contributed by atoms with E-state index >= 15 is 0 Å². The van der Waals surface area contributed by atoms with Crippen molar-refractivity contribution in [2.24, 2.45) is 5.92 Å². The van der Waals surface area contributed by atoms with Crippen LogP contribution in [0.2, 0.25) is 0 Å². The highest BCUT2D eigenvalue weighted by Crippen LogP contribution is 2.28. The largest absolute Gasteiger partial charge is 0.459 e. The SMILES string of the molecule is C=C(CC)C(=O)OC1CCCC1C. The molecule has 2 heteroatoms. The summed E-state index contributed by atoms with van der Waals surface area (Å²) in [6.45, 7) is 7.72. The topological polar surface area (TPSA) is 26.3 Å². The first-order valence-electron chi connectivity index (χ1n) is 5.04. The lowest BCUT2D eigenvalue weighted by atomic mass is 10.1. The van der Waals surface area contributed by atoms with Crippen molar-refractivity contribution in [2.75, 3.05) is 0 Å². The molecule has 0 heterocycles. The lowest BCUT2D eigenvalue weighted by Gasteiger charge is -2.16. The molecular weight excluding hydrogens is 164 g/mol. The number of hydrogen-bond acceptors (Lipinski definition) is 2. The minimum Gasteiger partial charge on any atom is -0.459 e. The van der Waals surface area contributed by atoms with Gasteiger partial charge in [0.05, 0.1) is 0 Å². The number of hydrogen-bond donors (Lipinski definition) is 0. The average molecular weight is 182 g/mol. The third-order valence-corrected chi connectivity index (χ3v) is 2.76. The van der Waals surface area contributed by atoms with Crippen molar-refractivity contribution in [3.63, 3.8) is 0 Å². The van der Waals surface area contributed by atoms with Gasteiger partial charge in [0.2, 0.25) is 0 Å². The fourth-order valence-electron chi connectivity index (χ4n) is 1.65. The lowest BCUT2D eigenvalue weighted by molar-refractivity contribution is -0.145. The van der Waals surface area contributed by atoms with Crippen molar-refractivity contribution < 1.29 is 9.53 Å². The molecule has 2 atom stereocenters. The molecule has 0 aliphatic heterocycles.